The molecular formula is C32H27FO5. The van der Waals surface area contributed by atoms with Crippen LogP contribution in [0.15, 0.2) is 65.1 Å². The first-order valence-corrected chi connectivity index (χ1v) is 13.0. The lowest BCUT2D eigenvalue weighted by Gasteiger charge is -2.62. The molecule has 0 spiro atoms. The van der Waals surface area contributed by atoms with Gasteiger partial charge in [0, 0.05) is 29.4 Å². The van der Waals surface area contributed by atoms with Gasteiger partial charge in [-0.2, -0.15) is 0 Å². The molecule has 6 heteroatoms. The van der Waals surface area contributed by atoms with Crippen LogP contribution in [0.4, 0.5) is 4.39 Å². The van der Waals surface area contributed by atoms with E-state index in [2.05, 4.69) is 0 Å². The van der Waals surface area contributed by atoms with Gasteiger partial charge in [-0.25, -0.2) is 4.39 Å². The van der Waals surface area contributed by atoms with E-state index in [-0.39, 0.29) is 29.8 Å². The zero-order valence-corrected chi connectivity index (χ0v) is 21.1. The van der Waals surface area contributed by atoms with Crippen molar-refractivity contribution in [2.75, 3.05) is 0 Å². The Hall–Kier alpha value is -4.06. The number of hydrogen-bond acceptors (Lipinski definition) is 4. The van der Waals surface area contributed by atoms with Crippen molar-refractivity contribution in [3.63, 3.8) is 0 Å². The van der Waals surface area contributed by atoms with Gasteiger partial charge in [-0.1, -0.05) is 25.1 Å². The fraction of sp³-hybridized carbons (Fsp3) is 0.281. The molecule has 1 N–H and O–H groups in total. The SMILES string of the molecule is CCC(=O)c1c(-c2ccc(F)cc2)oc2cc(CC(=O)O)c(-c3cccc(C(=O)CC45CC(C4)C5)c3)cc12. The monoisotopic (exact) mass is 510 g/mol. The van der Waals surface area contributed by atoms with E-state index in [1.165, 1.54) is 12.1 Å². The highest BCUT2D eigenvalue weighted by molar-refractivity contribution is 6.13. The molecule has 0 radical (unpaired) electrons. The zero-order valence-electron chi connectivity index (χ0n) is 21.1. The van der Waals surface area contributed by atoms with Gasteiger partial charge < -0.3 is 9.52 Å². The number of carboxylic acid groups (broad SMARTS) is 1. The fourth-order valence-electron chi connectivity index (χ4n) is 6.20. The van der Waals surface area contributed by atoms with E-state index in [9.17, 15) is 23.9 Å². The highest BCUT2D eigenvalue weighted by Gasteiger charge is 2.56. The van der Waals surface area contributed by atoms with Crippen LogP contribution in [-0.4, -0.2) is 22.6 Å². The number of carbonyl (C=O) groups is 3. The van der Waals surface area contributed by atoms with Crippen molar-refractivity contribution in [2.45, 2.75) is 45.4 Å². The first-order valence-electron chi connectivity index (χ1n) is 13.0. The molecule has 0 aliphatic heterocycles. The Morgan fingerprint density at radius 3 is 2.34 bits per heavy atom. The van der Waals surface area contributed by atoms with Gasteiger partial charge in [0.15, 0.2) is 11.6 Å². The normalized spacial score (nSPS) is 19.6. The van der Waals surface area contributed by atoms with Gasteiger partial charge in [0.25, 0.3) is 0 Å². The molecule has 3 fully saturated rings. The Bertz CT molecular complexity index is 1590. The summed E-state index contributed by atoms with van der Waals surface area (Å²) in [6.07, 6.45) is 3.96. The number of rotatable bonds is 9. The summed E-state index contributed by atoms with van der Waals surface area (Å²) >= 11 is 0. The molecule has 7 rings (SSSR count). The van der Waals surface area contributed by atoms with Gasteiger partial charge in [-0.15, -0.1) is 0 Å². The molecule has 0 atom stereocenters. The van der Waals surface area contributed by atoms with E-state index in [1.54, 1.807) is 31.2 Å². The molecule has 3 saturated carbocycles. The lowest BCUT2D eigenvalue weighted by atomic mass is 9.43. The molecule has 2 bridgehead atoms. The largest absolute Gasteiger partial charge is 0.481 e. The zero-order chi connectivity index (χ0) is 26.6. The van der Waals surface area contributed by atoms with Crippen molar-refractivity contribution >= 4 is 28.5 Å². The Labute approximate surface area is 219 Å². The summed E-state index contributed by atoms with van der Waals surface area (Å²) < 4.78 is 19.7. The maximum atomic E-state index is 13.6. The van der Waals surface area contributed by atoms with Crippen molar-refractivity contribution in [2.24, 2.45) is 11.3 Å². The number of fused-ring (bicyclic) bond motifs is 1. The number of benzene rings is 3. The summed E-state index contributed by atoms with van der Waals surface area (Å²) in [5.74, 6) is -0.307. The van der Waals surface area contributed by atoms with Gasteiger partial charge in [0.05, 0.1) is 12.0 Å². The van der Waals surface area contributed by atoms with E-state index in [0.717, 1.165) is 25.2 Å². The highest BCUT2D eigenvalue weighted by atomic mass is 19.1. The number of carboxylic acids is 1. The van der Waals surface area contributed by atoms with Gasteiger partial charge in [0.1, 0.15) is 17.2 Å². The minimum Gasteiger partial charge on any atom is -0.481 e. The number of furan rings is 1. The molecule has 1 heterocycles. The third-order valence-corrected chi connectivity index (χ3v) is 8.16. The predicted molar refractivity (Wildman–Crippen MR) is 142 cm³/mol. The van der Waals surface area contributed by atoms with Crippen LogP contribution in [0.25, 0.3) is 33.4 Å². The van der Waals surface area contributed by atoms with Crippen molar-refractivity contribution < 1.29 is 28.3 Å². The average molecular weight is 511 g/mol. The Balaban J connectivity index is 1.48. The topological polar surface area (TPSA) is 84.6 Å². The minimum atomic E-state index is -1.00. The van der Waals surface area contributed by atoms with Gasteiger partial charge in [-0.05, 0) is 89.8 Å². The first kappa shape index (κ1) is 24.3. The maximum Gasteiger partial charge on any atom is 0.307 e. The second-order valence-corrected chi connectivity index (χ2v) is 10.8. The summed E-state index contributed by atoms with van der Waals surface area (Å²) in [6.45, 7) is 1.76. The number of halogens is 1. The predicted octanol–water partition coefficient (Wildman–Crippen LogP) is 7.50. The van der Waals surface area contributed by atoms with E-state index in [0.29, 0.717) is 56.5 Å². The first-order chi connectivity index (χ1) is 18.2. The van der Waals surface area contributed by atoms with Crippen LogP contribution < -0.4 is 0 Å². The van der Waals surface area contributed by atoms with E-state index >= 15 is 0 Å². The lowest BCUT2D eigenvalue weighted by molar-refractivity contribution is -0.136. The standard InChI is InChI=1S/C32H27FO5/c1-2-26(34)30-25-13-24(20-4-3-5-21(10-20)27(35)17-32-14-18(15-32)16-32)22(12-29(36)37)11-28(25)38-31(30)19-6-8-23(33)9-7-19/h3-11,13,18H,2,12,14-17H2,1H3,(H,36,37). The Morgan fingerprint density at radius 2 is 1.71 bits per heavy atom. The van der Waals surface area contributed by atoms with Crippen LogP contribution >= 0.6 is 0 Å². The van der Waals surface area contributed by atoms with Crippen molar-refractivity contribution in [1.82, 2.24) is 0 Å². The van der Waals surface area contributed by atoms with Crippen molar-refractivity contribution in [3.8, 4) is 22.5 Å². The highest BCUT2D eigenvalue weighted by Crippen LogP contribution is 2.66. The number of Topliss-reactive ketones (excluding diaryl/α,β-unsaturated/α-hetero) is 2. The van der Waals surface area contributed by atoms with Crippen LogP contribution in [-0.2, 0) is 11.2 Å². The van der Waals surface area contributed by atoms with Crippen molar-refractivity contribution in [1.29, 1.82) is 0 Å². The number of ketones is 2. The molecule has 192 valence electrons. The Kier molecular flexibility index (Phi) is 5.78. The fourth-order valence-corrected chi connectivity index (χ4v) is 6.20. The molecule has 0 amide bonds. The molecule has 38 heavy (non-hydrogen) atoms. The third-order valence-electron chi connectivity index (χ3n) is 8.16. The summed E-state index contributed by atoms with van der Waals surface area (Å²) in [4.78, 5) is 38.0. The van der Waals surface area contributed by atoms with Gasteiger partial charge in [-0.3, -0.25) is 14.4 Å². The van der Waals surface area contributed by atoms with Crippen molar-refractivity contribution in [3.05, 3.63) is 83.2 Å². The second kappa shape index (κ2) is 9.05. The number of hydrogen-bond donors (Lipinski definition) is 1. The van der Waals surface area contributed by atoms with E-state index < -0.39 is 11.8 Å². The molecule has 5 nitrogen and oxygen atoms in total. The number of aliphatic carboxylic acids is 1. The third kappa shape index (κ3) is 4.14. The molecule has 1 aromatic heterocycles. The molecule has 4 aromatic rings. The summed E-state index contributed by atoms with van der Waals surface area (Å²) in [5, 5.41) is 10.2. The smallest absolute Gasteiger partial charge is 0.307 e. The van der Waals surface area contributed by atoms with E-state index in [4.69, 9.17) is 4.42 Å². The van der Waals surface area contributed by atoms with Crippen LogP contribution in [0.3, 0.4) is 0 Å². The number of carbonyl (C=O) groups excluding carboxylic acids is 2. The summed E-state index contributed by atoms with van der Waals surface area (Å²) in [7, 11) is 0. The lowest BCUT2D eigenvalue weighted by Crippen LogP contribution is -2.52. The molecule has 0 saturated heterocycles. The molecular weight excluding hydrogens is 483 g/mol. The summed E-state index contributed by atoms with van der Waals surface area (Å²) in [6, 6.07) is 16.5. The van der Waals surface area contributed by atoms with Crippen LogP contribution in [0.5, 0.6) is 0 Å². The molecule has 3 aliphatic carbocycles. The molecule has 0 unspecified atom stereocenters. The van der Waals surface area contributed by atoms with E-state index in [1.807, 2.05) is 24.3 Å². The van der Waals surface area contributed by atoms with Crippen LogP contribution in [0.1, 0.15) is 65.3 Å². The minimum absolute atomic E-state index is 0.106. The Morgan fingerprint density at radius 1 is 0.974 bits per heavy atom. The van der Waals surface area contributed by atoms with Gasteiger partial charge in [0.2, 0.25) is 0 Å². The second-order valence-electron chi connectivity index (χ2n) is 10.8. The molecule has 3 aliphatic rings. The van der Waals surface area contributed by atoms with Gasteiger partial charge >= 0.3 is 5.97 Å². The average Bonchev–Trinajstić information content (AvgIpc) is 3.22. The van der Waals surface area contributed by atoms with Crippen LogP contribution in [0, 0.1) is 17.2 Å². The summed E-state index contributed by atoms with van der Waals surface area (Å²) in [5.41, 5.74) is 3.99. The quantitative estimate of drug-likeness (QED) is 0.236. The molecule has 3 aromatic carbocycles. The maximum absolute atomic E-state index is 13.6. The van der Waals surface area contributed by atoms with Crippen LogP contribution in [0.2, 0.25) is 0 Å².